The summed E-state index contributed by atoms with van der Waals surface area (Å²) in [6.45, 7) is 3.75. The highest BCUT2D eigenvalue weighted by atomic mass is 32.2. The van der Waals surface area contributed by atoms with Crippen molar-refractivity contribution in [3.8, 4) is 0 Å². The molecule has 0 spiro atoms. The third-order valence-electron chi connectivity index (χ3n) is 2.59. The summed E-state index contributed by atoms with van der Waals surface area (Å²) in [5.41, 5.74) is 0.812. The molecule has 2 nitrogen and oxygen atoms in total. The number of hydrogen-bond acceptors (Lipinski definition) is 3. The molecule has 1 saturated heterocycles. The number of thioether (sulfide) groups is 1. The van der Waals surface area contributed by atoms with Crippen LogP contribution < -0.4 is 0 Å². The van der Waals surface area contributed by atoms with Gasteiger partial charge in [-0.25, -0.2) is 8.42 Å². The third kappa shape index (κ3) is 3.23. The van der Waals surface area contributed by atoms with Crippen LogP contribution in [0.5, 0.6) is 0 Å². The first-order valence-electron chi connectivity index (χ1n) is 5.38. The monoisotopic (exact) mass is 266 g/mol. The quantitative estimate of drug-likeness (QED) is 0.608. The Morgan fingerprint density at radius 2 is 1.88 bits per heavy atom. The van der Waals surface area contributed by atoms with Gasteiger partial charge in [-0.2, -0.15) is 0 Å². The molecule has 1 fully saturated rings. The van der Waals surface area contributed by atoms with Gasteiger partial charge in [0, 0.05) is 4.90 Å². The molecule has 0 amide bonds. The molecule has 1 heterocycles. The maximum absolute atomic E-state index is 11.9. The van der Waals surface area contributed by atoms with Crippen molar-refractivity contribution in [3.05, 3.63) is 52.8 Å². The highest BCUT2D eigenvalue weighted by Gasteiger charge is 2.24. The zero-order chi connectivity index (χ0) is 12.3. The first-order chi connectivity index (χ1) is 8.08. The summed E-state index contributed by atoms with van der Waals surface area (Å²) in [6, 6.07) is 9.76. The van der Waals surface area contributed by atoms with Crippen molar-refractivity contribution in [3.63, 3.8) is 0 Å². The Balaban J connectivity index is 2.15. The van der Waals surface area contributed by atoms with Crippen LogP contribution in [0.1, 0.15) is 12.8 Å². The van der Waals surface area contributed by atoms with Crippen molar-refractivity contribution in [1.29, 1.82) is 0 Å². The fourth-order valence-corrected chi connectivity index (χ4v) is 4.36. The SMILES string of the molecule is C=C1CC/C(=C\Sc2ccccc2)S(=O)(=O)C1. The van der Waals surface area contributed by atoms with E-state index in [-0.39, 0.29) is 5.75 Å². The zero-order valence-electron chi connectivity index (χ0n) is 9.43. The minimum absolute atomic E-state index is 0.105. The van der Waals surface area contributed by atoms with Gasteiger partial charge in [0.15, 0.2) is 9.84 Å². The molecule has 1 aliphatic heterocycles. The Labute approximate surface area is 106 Å². The maximum atomic E-state index is 11.9. The highest BCUT2D eigenvalue weighted by molar-refractivity contribution is 8.03. The first kappa shape index (κ1) is 12.5. The lowest BCUT2D eigenvalue weighted by atomic mass is 10.2. The topological polar surface area (TPSA) is 34.1 Å². The fraction of sp³-hybridized carbons (Fsp3) is 0.231. The lowest BCUT2D eigenvalue weighted by Crippen LogP contribution is -2.16. The number of benzene rings is 1. The molecule has 1 aliphatic rings. The molecule has 0 N–H and O–H groups in total. The van der Waals surface area contributed by atoms with E-state index in [0.717, 1.165) is 16.9 Å². The summed E-state index contributed by atoms with van der Waals surface area (Å²) in [7, 11) is -3.10. The van der Waals surface area contributed by atoms with Gasteiger partial charge in [0.25, 0.3) is 0 Å². The molecule has 17 heavy (non-hydrogen) atoms. The number of rotatable bonds is 2. The van der Waals surface area contributed by atoms with E-state index in [9.17, 15) is 8.42 Å². The summed E-state index contributed by atoms with van der Waals surface area (Å²) in [5.74, 6) is 0.105. The van der Waals surface area contributed by atoms with Crippen molar-refractivity contribution in [2.45, 2.75) is 17.7 Å². The van der Waals surface area contributed by atoms with Crippen molar-refractivity contribution in [2.24, 2.45) is 0 Å². The van der Waals surface area contributed by atoms with Gasteiger partial charge in [0.2, 0.25) is 0 Å². The predicted molar refractivity (Wildman–Crippen MR) is 72.5 cm³/mol. The molecule has 0 unspecified atom stereocenters. The lowest BCUT2D eigenvalue weighted by Gasteiger charge is -2.16. The Morgan fingerprint density at radius 3 is 2.53 bits per heavy atom. The zero-order valence-corrected chi connectivity index (χ0v) is 11.1. The minimum atomic E-state index is -3.10. The molecule has 0 aliphatic carbocycles. The van der Waals surface area contributed by atoms with E-state index in [1.807, 2.05) is 30.3 Å². The van der Waals surface area contributed by atoms with Crippen molar-refractivity contribution >= 4 is 21.6 Å². The number of hydrogen-bond donors (Lipinski definition) is 0. The van der Waals surface area contributed by atoms with Gasteiger partial charge in [0.1, 0.15) is 0 Å². The summed E-state index contributed by atoms with van der Waals surface area (Å²) >= 11 is 1.46. The Kier molecular flexibility index (Phi) is 3.74. The van der Waals surface area contributed by atoms with E-state index in [1.54, 1.807) is 5.41 Å². The van der Waals surface area contributed by atoms with Crippen molar-refractivity contribution in [2.75, 3.05) is 5.75 Å². The molecule has 2 rings (SSSR count). The Hall–Kier alpha value is -1.00. The summed E-state index contributed by atoms with van der Waals surface area (Å²) in [5, 5.41) is 1.76. The first-order valence-corrected chi connectivity index (χ1v) is 7.91. The predicted octanol–water partition coefficient (Wildman–Crippen LogP) is 3.38. The van der Waals surface area contributed by atoms with Gasteiger partial charge in [-0.15, -0.1) is 0 Å². The number of allylic oxidation sites excluding steroid dienone is 1. The summed E-state index contributed by atoms with van der Waals surface area (Å²) in [4.78, 5) is 1.60. The second kappa shape index (κ2) is 5.10. The summed E-state index contributed by atoms with van der Waals surface area (Å²) < 4.78 is 23.7. The van der Waals surface area contributed by atoms with Gasteiger partial charge in [-0.1, -0.05) is 42.1 Å². The van der Waals surface area contributed by atoms with Crippen LogP contribution in [0.25, 0.3) is 0 Å². The van der Waals surface area contributed by atoms with E-state index in [4.69, 9.17) is 0 Å². The normalized spacial score (nSPS) is 21.6. The molecular weight excluding hydrogens is 252 g/mol. The van der Waals surface area contributed by atoms with E-state index >= 15 is 0 Å². The van der Waals surface area contributed by atoms with Crippen LogP contribution >= 0.6 is 11.8 Å². The van der Waals surface area contributed by atoms with Crippen LogP contribution in [0.4, 0.5) is 0 Å². The van der Waals surface area contributed by atoms with Gasteiger partial charge in [-0.3, -0.25) is 0 Å². The van der Waals surface area contributed by atoms with E-state index in [2.05, 4.69) is 6.58 Å². The molecule has 1 aromatic rings. The smallest absolute Gasteiger partial charge is 0.178 e. The van der Waals surface area contributed by atoms with Crippen LogP contribution in [0.3, 0.4) is 0 Å². The Morgan fingerprint density at radius 1 is 1.18 bits per heavy atom. The summed E-state index contributed by atoms with van der Waals surface area (Å²) in [6.07, 6.45) is 1.36. The van der Waals surface area contributed by atoms with Gasteiger partial charge in [0.05, 0.1) is 10.7 Å². The van der Waals surface area contributed by atoms with Crippen molar-refractivity contribution < 1.29 is 8.42 Å². The molecule has 0 atom stereocenters. The lowest BCUT2D eigenvalue weighted by molar-refractivity contribution is 0.598. The average Bonchev–Trinajstić information content (AvgIpc) is 2.28. The third-order valence-corrected chi connectivity index (χ3v) is 5.59. The number of sulfone groups is 1. The van der Waals surface area contributed by atoms with Crippen LogP contribution in [-0.2, 0) is 9.84 Å². The molecule has 0 saturated carbocycles. The molecular formula is C13H14O2S2. The van der Waals surface area contributed by atoms with Gasteiger partial charge < -0.3 is 0 Å². The van der Waals surface area contributed by atoms with E-state index in [1.165, 1.54) is 11.8 Å². The maximum Gasteiger partial charge on any atom is 0.178 e. The molecule has 4 heteroatoms. The molecule has 0 aromatic heterocycles. The molecule has 0 radical (unpaired) electrons. The van der Waals surface area contributed by atoms with Gasteiger partial charge >= 0.3 is 0 Å². The van der Waals surface area contributed by atoms with Gasteiger partial charge in [-0.05, 0) is 30.4 Å². The van der Waals surface area contributed by atoms with E-state index < -0.39 is 9.84 Å². The molecule has 1 aromatic carbocycles. The average molecular weight is 266 g/mol. The van der Waals surface area contributed by atoms with Crippen LogP contribution in [-0.4, -0.2) is 14.2 Å². The second-order valence-corrected chi connectivity index (χ2v) is 7.01. The van der Waals surface area contributed by atoms with Crippen LogP contribution in [0, 0.1) is 0 Å². The molecule has 0 bridgehead atoms. The second-order valence-electron chi connectivity index (χ2n) is 4.02. The largest absolute Gasteiger partial charge is 0.224 e. The van der Waals surface area contributed by atoms with Crippen molar-refractivity contribution in [1.82, 2.24) is 0 Å². The van der Waals surface area contributed by atoms with Crippen LogP contribution in [0.15, 0.2) is 57.7 Å². The van der Waals surface area contributed by atoms with E-state index in [0.29, 0.717) is 11.3 Å². The minimum Gasteiger partial charge on any atom is -0.224 e. The fourth-order valence-electron chi connectivity index (χ4n) is 1.65. The standard InChI is InChI=1S/C13H14O2S2/c1-11-7-8-13(17(14,15)10-11)9-16-12-5-3-2-4-6-12/h2-6,9H,1,7-8,10H2/b13-9+. The Bertz CT molecular complexity index is 542. The highest BCUT2D eigenvalue weighted by Crippen LogP contribution is 2.30. The molecule has 90 valence electrons. The van der Waals surface area contributed by atoms with Crippen LogP contribution in [0.2, 0.25) is 0 Å².